The van der Waals surface area contributed by atoms with Crippen LogP contribution in [0.25, 0.3) is 0 Å². The molecule has 0 saturated carbocycles. The highest BCUT2D eigenvalue weighted by molar-refractivity contribution is 6.02. The summed E-state index contributed by atoms with van der Waals surface area (Å²) in [5, 5.41) is 151. The molecule has 6 rings (SSSR count). The number of para-hydroxylation sites is 1. The maximum atomic E-state index is 13.8. The number of ether oxygens (including phenoxy) is 5. The summed E-state index contributed by atoms with van der Waals surface area (Å²) in [6, 6.07) is 0.0563. The van der Waals surface area contributed by atoms with E-state index in [-0.39, 0.29) is 11.1 Å². The molecule has 0 radical (unpaired) electrons. The average Bonchev–Trinajstić information content (AvgIpc) is 3.33. The quantitative estimate of drug-likeness (QED) is 0.0511. The van der Waals surface area contributed by atoms with Crippen LogP contribution in [0.5, 0.6) is 34.5 Å². The van der Waals surface area contributed by atoms with Crippen molar-refractivity contribution < 1.29 is 124 Å². The van der Waals surface area contributed by atoms with E-state index in [1.165, 1.54) is 0 Å². The third-order valence-electron chi connectivity index (χ3n) is 11.4. The Bertz CT molecular complexity index is 2380. The van der Waals surface area contributed by atoms with Gasteiger partial charge in [0.15, 0.2) is 52.6 Å². The normalized spacial score (nSPS) is 29.8. The fourth-order valence-electron chi connectivity index (χ4n) is 7.44. The first-order chi connectivity index (χ1) is 33.1. The summed E-state index contributed by atoms with van der Waals surface area (Å²) in [6.07, 6.45) is -17.6. The zero-order chi connectivity index (χ0) is 51.5. The number of benzene rings is 3. The lowest BCUT2D eigenvalue weighted by molar-refractivity contribution is -0.231. The van der Waals surface area contributed by atoms with Crippen molar-refractivity contribution in [2.45, 2.75) is 79.2 Å². The van der Waals surface area contributed by atoms with Gasteiger partial charge in [-0.15, -0.1) is 0 Å². The molecule has 28 heteroatoms. The Balaban J connectivity index is 1.30. The van der Waals surface area contributed by atoms with E-state index < -0.39 is 199 Å². The van der Waals surface area contributed by atoms with Crippen LogP contribution in [0, 0.1) is 0 Å². The van der Waals surface area contributed by atoms with Gasteiger partial charge in [-0.2, -0.15) is 0 Å². The topological polar surface area (TPSA) is 468 Å². The third-order valence-corrected chi connectivity index (χ3v) is 11.4. The number of carbonyl (C=O) groups is 6. The van der Waals surface area contributed by atoms with Gasteiger partial charge >= 0.3 is 17.9 Å². The van der Waals surface area contributed by atoms with Crippen molar-refractivity contribution in [3.05, 3.63) is 70.3 Å². The Hall–Kier alpha value is -7.12. The molecular formula is C42H47N3O25. The van der Waals surface area contributed by atoms with E-state index >= 15 is 0 Å². The number of cyclic esters (lactones) is 3. The summed E-state index contributed by atoms with van der Waals surface area (Å²) in [6.45, 7) is -5.27. The zero-order valence-electron chi connectivity index (χ0n) is 35.8. The molecule has 3 aliphatic rings. The van der Waals surface area contributed by atoms with Crippen molar-refractivity contribution in [3.8, 4) is 34.5 Å². The van der Waals surface area contributed by atoms with E-state index in [1.54, 1.807) is 0 Å². The van der Waals surface area contributed by atoms with Crippen LogP contribution >= 0.6 is 0 Å². The van der Waals surface area contributed by atoms with Crippen LogP contribution in [0.1, 0.15) is 54.4 Å². The molecule has 28 nitrogen and oxygen atoms in total. The van der Waals surface area contributed by atoms with Crippen molar-refractivity contribution in [2.75, 3.05) is 33.0 Å². The lowest BCUT2D eigenvalue weighted by Gasteiger charge is -2.40. The van der Waals surface area contributed by atoms with Crippen molar-refractivity contribution in [2.24, 2.45) is 0 Å². The smallest absolute Gasteiger partial charge is 0.332 e. The van der Waals surface area contributed by atoms with Crippen molar-refractivity contribution >= 4 is 35.6 Å². The Kier molecular flexibility index (Phi) is 16.2. The molecule has 0 unspecified atom stereocenters. The Morgan fingerprint density at radius 2 is 0.814 bits per heavy atom. The highest BCUT2D eigenvalue weighted by Crippen LogP contribution is 2.40. The van der Waals surface area contributed by atoms with E-state index in [0.29, 0.717) is 0 Å². The van der Waals surface area contributed by atoms with Crippen LogP contribution in [0.15, 0.2) is 42.5 Å². The van der Waals surface area contributed by atoms with Gasteiger partial charge in [-0.25, -0.2) is 14.4 Å². The number of aliphatic hydroxyl groups is 8. The van der Waals surface area contributed by atoms with E-state index in [2.05, 4.69) is 16.0 Å². The summed E-state index contributed by atoms with van der Waals surface area (Å²) in [5.74, 6) is -14.8. The van der Waals surface area contributed by atoms with Gasteiger partial charge in [-0.05, 0) is 47.5 Å². The zero-order valence-corrected chi connectivity index (χ0v) is 35.8. The summed E-state index contributed by atoms with van der Waals surface area (Å²) < 4.78 is 26.5. The molecule has 380 valence electrons. The molecule has 3 heterocycles. The van der Waals surface area contributed by atoms with Gasteiger partial charge in [0, 0.05) is 0 Å². The molecular weight excluding hydrogens is 946 g/mol. The minimum absolute atomic E-state index is 0.323. The number of hydrogen-bond acceptors (Lipinski definition) is 25. The SMILES string of the molecule is O=C(N[C@H]1COC(=O)[C@@H](NC(=O)c2cc([C@@H]3O[C@H](CO)[C@@H](O)[C@H](O)[C@H]3O)cc(O)c2O)COC(=O)[C@@H](NC(=O)c2cc([C@@H]3O[C@H](CO)[C@@H](O)[C@H](O)[C@H]3O)cc(O)c2O)COC1=O)c1cccc(O)c1O. The maximum absolute atomic E-state index is 13.8. The van der Waals surface area contributed by atoms with Crippen molar-refractivity contribution in [3.63, 3.8) is 0 Å². The summed E-state index contributed by atoms with van der Waals surface area (Å²) in [5.41, 5.74) is -2.98. The minimum Gasteiger partial charge on any atom is -0.504 e. The number of phenols is 6. The number of rotatable bonds is 10. The van der Waals surface area contributed by atoms with Crippen LogP contribution in [0.3, 0.4) is 0 Å². The third kappa shape index (κ3) is 10.8. The first-order valence-electron chi connectivity index (χ1n) is 20.7. The molecule has 0 bridgehead atoms. The molecule has 70 heavy (non-hydrogen) atoms. The highest BCUT2D eigenvalue weighted by Gasteiger charge is 2.46. The van der Waals surface area contributed by atoms with Gasteiger partial charge in [0.25, 0.3) is 17.7 Å². The van der Waals surface area contributed by atoms with Crippen LogP contribution < -0.4 is 16.0 Å². The molecule has 17 N–H and O–H groups in total. The number of esters is 3. The van der Waals surface area contributed by atoms with Gasteiger partial charge in [0.2, 0.25) is 0 Å². The second-order valence-corrected chi connectivity index (χ2v) is 16.0. The Morgan fingerprint density at radius 1 is 0.471 bits per heavy atom. The van der Waals surface area contributed by atoms with Gasteiger partial charge in [-0.1, -0.05) is 6.07 Å². The summed E-state index contributed by atoms with van der Waals surface area (Å²) >= 11 is 0. The van der Waals surface area contributed by atoms with Crippen LogP contribution in [-0.4, -0.2) is 207 Å². The lowest BCUT2D eigenvalue weighted by atomic mass is 9.90. The van der Waals surface area contributed by atoms with Crippen LogP contribution in [0.4, 0.5) is 0 Å². The number of phenolic OH excluding ortho intramolecular Hbond substituents is 6. The van der Waals surface area contributed by atoms with E-state index in [0.717, 1.165) is 42.5 Å². The van der Waals surface area contributed by atoms with Crippen molar-refractivity contribution in [1.82, 2.24) is 16.0 Å². The summed E-state index contributed by atoms with van der Waals surface area (Å²) in [7, 11) is 0. The standard InChI is InChI=1S/C42H47N3O25/c46-8-24-29(54)31(56)33(58)35(69-24)13-4-16(27(52)22(49)6-13)38(61)44-19-11-67-40(63)18(43-37(60)15-2-1-3-21(48)26(15)51)10-66-41(64)20(12-68-42(19)65)45-39(62)17-5-14(7-23(50)28(17)53)36-34(59)32(57)30(55)25(9-47)70-36/h1-7,18-20,24-25,29-36,46-59H,8-12H2,(H,43,60)(H,44,61)(H,45,62)/t18-,19-,20-,24+,25+,29+,30+,31-,32-,33+,34+,35-,36-/m0/s1. The monoisotopic (exact) mass is 993 g/mol. The number of hydrogen-bond donors (Lipinski definition) is 17. The van der Waals surface area contributed by atoms with Crippen LogP contribution in [-0.2, 0) is 38.1 Å². The van der Waals surface area contributed by atoms with E-state index in [9.17, 15) is 100 Å². The first-order valence-corrected chi connectivity index (χ1v) is 20.7. The fourth-order valence-corrected chi connectivity index (χ4v) is 7.44. The van der Waals surface area contributed by atoms with Gasteiger partial charge in [0.05, 0.1) is 29.9 Å². The molecule has 3 aromatic carbocycles. The average molecular weight is 994 g/mol. The van der Waals surface area contributed by atoms with Gasteiger partial charge < -0.3 is 111 Å². The lowest BCUT2D eigenvalue weighted by Crippen LogP contribution is -2.55. The number of carbonyl (C=O) groups excluding carboxylic acids is 6. The maximum Gasteiger partial charge on any atom is 0.332 e. The highest BCUT2D eigenvalue weighted by atomic mass is 16.6. The van der Waals surface area contributed by atoms with E-state index in [1.807, 2.05) is 0 Å². The molecule has 3 fully saturated rings. The predicted octanol–water partition coefficient (Wildman–Crippen LogP) is -5.71. The largest absolute Gasteiger partial charge is 0.504 e. The first kappa shape index (κ1) is 52.3. The van der Waals surface area contributed by atoms with E-state index in [4.69, 9.17) is 23.7 Å². The molecule has 0 spiro atoms. The number of nitrogens with one attached hydrogen (secondary N) is 3. The second-order valence-electron chi connectivity index (χ2n) is 16.0. The molecule has 3 aromatic rings. The second kappa shape index (κ2) is 21.7. The molecule has 3 saturated heterocycles. The summed E-state index contributed by atoms with van der Waals surface area (Å²) in [4.78, 5) is 81.6. The molecule has 3 aliphatic heterocycles. The predicted molar refractivity (Wildman–Crippen MR) is 221 cm³/mol. The number of amides is 3. The number of aromatic hydroxyl groups is 6. The Labute approximate surface area is 392 Å². The minimum atomic E-state index is -2.15. The Morgan fingerprint density at radius 3 is 1.17 bits per heavy atom. The molecule has 3 amide bonds. The van der Waals surface area contributed by atoms with Crippen molar-refractivity contribution in [1.29, 1.82) is 0 Å². The molecule has 0 aromatic heterocycles. The molecule has 0 aliphatic carbocycles. The van der Waals surface area contributed by atoms with Gasteiger partial charge in [0.1, 0.15) is 80.9 Å². The van der Waals surface area contributed by atoms with Crippen LogP contribution in [0.2, 0.25) is 0 Å². The van der Waals surface area contributed by atoms with Gasteiger partial charge in [-0.3, -0.25) is 14.4 Å². The molecule has 13 atom stereocenters. The fraction of sp³-hybridized carbons (Fsp3) is 0.429. The number of aliphatic hydroxyl groups excluding tert-OH is 8.